The maximum Gasteiger partial charge on any atom is 0.341 e. The number of aromatic nitrogens is 1. The van der Waals surface area contributed by atoms with Crippen molar-refractivity contribution in [2.75, 3.05) is 7.11 Å². The van der Waals surface area contributed by atoms with Gasteiger partial charge in [-0.1, -0.05) is 0 Å². The van der Waals surface area contributed by atoms with Crippen LogP contribution in [0.1, 0.15) is 24.2 Å². The van der Waals surface area contributed by atoms with E-state index in [1.54, 1.807) is 26.0 Å². The molecule has 4 nitrogen and oxygen atoms in total. The first-order chi connectivity index (χ1) is 7.04. The Morgan fingerprint density at radius 2 is 2.13 bits per heavy atom. The lowest BCUT2D eigenvalue weighted by Gasteiger charge is -2.09. The molecule has 0 spiro atoms. The van der Waals surface area contributed by atoms with Gasteiger partial charge in [-0.15, -0.1) is 0 Å². The molecular weight excluding hydrogens is 262 g/mol. The molecule has 0 amide bonds. The number of pyridine rings is 1. The van der Waals surface area contributed by atoms with Gasteiger partial charge in [-0.3, -0.25) is 0 Å². The van der Waals surface area contributed by atoms with Gasteiger partial charge in [0, 0.05) is 6.07 Å². The van der Waals surface area contributed by atoms with Gasteiger partial charge in [0.1, 0.15) is 4.60 Å². The van der Waals surface area contributed by atoms with E-state index in [0.29, 0.717) is 16.0 Å². The Hall–Kier alpha value is -1.10. The van der Waals surface area contributed by atoms with E-state index in [1.165, 1.54) is 7.11 Å². The molecule has 0 aliphatic heterocycles. The Morgan fingerprint density at radius 3 is 2.60 bits per heavy atom. The van der Waals surface area contributed by atoms with Crippen molar-refractivity contribution in [3.63, 3.8) is 0 Å². The van der Waals surface area contributed by atoms with Crippen molar-refractivity contribution in [3.8, 4) is 5.88 Å². The fourth-order valence-electron chi connectivity index (χ4n) is 0.961. The molecule has 1 heterocycles. The average molecular weight is 274 g/mol. The van der Waals surface area contributed by atoms with Gasteiger partial charge in [0.15, 0.2) is 0 Å². The summed E-state index contributed by atoms with van der Waals surface area (Å²) in [6.45, 7) is 3.59. The summed E-state index contributed by atoms with van der Waals surface area (Å²) in [5, 5.41) is 0. The van der Waals surface area contributed by atoms with Crippen molar-refractivity contribution < 1.29 is 14.3 Å². The molecule has 1 aromatic rings. The van der Waals surface area contributed by atoms with Crippen molar-refractivity contribution in [1.29, 1.82) is 0 Å². The van der Waals surface area contributed by atoms with Gasteiger partial charge in [-0.2, -0.15) is 0 Å². The predicted molar refractivity (Wildman–Crippen MR) is 59.0 cm³/mol. The molecule has 0 aliphatic rings. The molecule has 0 unspecified atom stereocenters. The molecule has 0 saturated heterocycles. The number of esters is 1. The Morgan fingerprint density at radius 1 is 1.47 bits per heavy atom. The van der Waals surface area contributed by atoms with Crippen molar-refractivity contribution in [2.24, 2.45) is 0 Å². The summed E-state index contributed by atoms with van der Waals surface area (Å²) in [6, 6.07) is 3.22. The van der Waals surface area contributed by atoms with Crippen molar-refractivity contribution >= 4 is 21.9 Å². The third-order valence-electron chi connectivity index (χ3n) is 1.59. The van der Waals surface area contributed by atoms with Gasteiger partial charge in [0.05, 0.1) is 18.8 Å². The Bertz CT molecular complexity index is 366. The summed E-state index contributed by atoms with van der Waals surface area (Å²) >= 11 is 3.19. The van der Waals surface area contributed by atoms with E-state index in [2.05, 4.69) is 20.9 Å². The van der Waals surface area contributed by atoms with E-state index < -0.39 is 5.97 Å². The third-order valence-corrected chi connectivity index (χ3v) is 2.20. The van der Waals surface area contributed by atoms with Gasteiger partial charge < -0.3 is 9.47 Å². The van der Waals surface area contributed by atoms with Gasteiger partial charge in [0.2, 0.25) is 5.88 Å². The number of hydrogen-bond acceptors (Lipinski definition) is 4. The summed E-state index contributed by atoms with van der Waals surface area (Å²) in [4.78, 5) is 15.6. The summed E-state index contributed by atoms with van der Waals surface area (Å²) in [6.07, 6.45) is -0.147. The number of rotatable bonds is 3. The number of carbonyl (C=O) groups is 1. The molecule has 15 heavy (non-hydrogen) atoms. The van der Waals surface area contributed by atoms with Crippen LogP contribution < -0.4 is 4.74 Å². The lowest BCUT2D eigenvalue weighted by atomic mass is 10.3. The first-order valence-electron chi connectivity index (χ1n) is 4.46. The second-order valence-electron chi connectivity index (χ2n) is 3.15. The molecule has 0 N–H and O–H groups in total. The molecule has 1 rings (SSSR count). The van der Waals surface area contributed by atoms with Crippen LogP contribution in [0.25, 0.3) is 0 Å². The van der Waals surface area contributed by atoms with Crippen LogP contribution in [0, 0.1) is 0 Å². The quantitative estimate of drug-likeness (QED) is 0.627. The zero-order valence-electron chi connectivity index (χ0n) is 8.78. The molecular formula is C10H12BrNO3. The maximum atomic E-state index is 11.5. The van der Waals surface area contributed by atoms with Crippen molar-refractivity contribution in [2.45, 2.75) is 20.0 Å². The third kappa shape index (κ3) is 3.20. The topological polar surface area (TPSA) is 48.4 Å². The van der Waals surface area contributed by atoms with Gasteiger partial charge in [-0.25, -0.2) is 9.78 Å². The minimum atomic E-state index is -0.396. The molecule has 0 fully saturated rings. The minimum Gasteiger partial charge on any atom is -0.481 e. The van der Waals surface area contributed by atoms with E-state index in [-0.39, 0.29) is 6.10 Å². The lowest BCUT2D eigenvalue weighted by molar-refractivity contribution is 0.0376. The summed E-state index contributed by atoms with van der Waals surface area (Å²) in [7, 11) is 1.51. The summed E-state index contributed by atoms with van der Waals surface area (Å²) < 4.78 is 10.4. The number of nitrogens with zero attached hydrogens (tertiary/aromatic N) is 1. The highest BCUT2D eigenvalue weighted by molar-refractivity contribution is 9.10. The first-order valence-corrected chi connectivity index (χ1v) is 5.25. The normalized spacial score (nSPS) is 10.2. The zero-order valence-corrected chi connectivity index (χ0v) is 10.4. The summed E-state index contributed by atoms with van der Waals surface area (Å²) in [5.74, 6) is 0.0509. The number of halogens is 1. The molecule has 0 bridgehead atoms. The molecule has 0 atom stereocenters. The predicted octanol–water partition coefficient (Wildman–Crippen LogP) is 2.42. The van der Waals surface area contributed by atoms with Crippen LogP contribution in [0.5, 0.6) is 5.88 Å². The van der Waals surface area contributed by atoms with E-state index in [1.807, 2.05) is 0 Å². The molecule has 0 radical (unpaired) electrons. The van der Waals surface area contributed by atoms with Gasteiger partial charge in [0.25, 0.3) is 0 Å². The SMILES string of the molecule is COc1ccc(C(=O)OC(C)C)c(Br)n1. The Labute approximate surface area is 96.7 Å². The highest BCUT2D eigenvalue weighted by Gasteiger charge is 2.14. The number of hydrogen-bond donors (Lipinski definition) is 0. The molecule has 1 aromatic heterocycles. The van der Waals surface area contributed by atoms with Gasteiger partial charge in [-0.05, 0) is 35.8 Å². The maximum absolute atomic E-state index is 11.5. The van der Waals surface area contributed by atoms with E-state index in [9.17, 15) is 4.79 Å². The van der Waals surface area contributed by atoms with Gasteiger partial charge >= 0.3 is 5.97 Å². The lowest BCUT2D eigenvalue weighted by Crippen LogP contribution is -2.12. The zero-order chi connectivity index (χ0) is 11.4. The summed E-state index contributed by atoms with van der Waals surface area (Å²) in [5.41, 5.74) is 0.393. The molecule has 82 valence electrons. The van der Waals surface area contributed by atoms with Crippen molar-refractivity contribution in [3.05, 3.63) is 22.3 Å². The molecule has 0 aliphatic carbocycles. The molecule has 0 saturated carbocycles. The van der Waals surface area contributed by atoms with Crippen LogP contribution >= 0.6 is 15.9 Å². The highest BCUT2D eigenvalue weighted by Crippen LogP contribution is 2.19. The first kappa shape index (κ1) is 12.0. The van der Waals surface area contributed by atoms with Crippen LogP contribution in [-0.2, 0) is 4.74 Å². The number of methoxy groups -OCH3 is 1. The monoisotopic (exact) mass is 273 g/mol. The van der Waals surface area contributed by atoms with Crippen LogP contribution in [0.15, 0.2) is 16.7 Å². The van der Waals surface area contributed by atoms with Crippen LogP contribution in [-0.4, -0.2) is 24.2 Å². The number of carbonyl (C=O) groups excluding carboxylic acids is 1. The average Bonchev–Trinajstić information content (AvgIpc) is 2.16. The fraction of sp³-hybridized carbons (Fsp3) is 0.400. The fourth-order valence-corrected chi connectivity index (χ4v) is 1.43. The second-order valence-corrected chi connectivity index (χ2v) is 3.90. The number of ether oxygens (including phenoxy) is 2. The highest BCUT2D eigenvalue weighted by atomic mass is 79.9. The standard InChI is InChI=1S/C10H12BrNO3/c1-6(2)15-10(13)7-4-5-8(14-3)12-9(7)11/h4-6H,1-3H3. The smallest absolute Gasteiger partial charge is 0.341 e. The van der Waals surface area contributed by atoms with Crippen molar-refractivity contribution in [1.82, 2.24) is 4.98 Å². The van der Waals surface area contributed by atoms with E-state index in [4.69, 9.17) is 9.47 Å². The molecule has 5 heteroatoms. The van der Waals surface area contributed by atoms with E-state index in [0.717, 1.165) is 0 Å². The Balaban J connectivity index is 2.90. The second kappa shape index (κ2) is 5.11. The van der Waals surface area contributed by atoms with E-state index >= 15 is 0 Å². The largest absolute Gasteiger partial charge is 0.481 e. The van der Waals surface area contributed by atoms with Crippen LogP contribution in [0.2, 0.25) is 0 Å². The van der Waals surface area contributed by atoms with Crippen LogP contribution in [0.4, 0.5) is 0 Å². The van der Waals surface area contributed by atoms with Crippen LogP contribution in [0.3, 0.4) is 0 Å². The molecule has 0 aromatic carbocycles. The minimum absolute atomic E-state index is 0.147. The Kier molecular flexibility index (Phi) is 4.08.